The lowest BCUT2D eigenvalue weighted by molar-refractivity contribution is -0.135. The molecule has 2 amide bonds. The Labute approximate surface area is 217 Å². The molecule has 5 rings (SSSR count). The number of nitrogens with one attached hydrogen (secondary N) is 2. The highest BCUT2D eigenvalue weighted by atomic mass is 16.5. The van der Waals surface area contributed by atoms with Crippen LogP contribution >= 0.6 is 0 Å². The highest BCUT2D eigenvalue weighted by molar-refractivity contribution is 6.04. The summed E-state index contributed by atoms with van der Waals surface area (Å²) in [6.45, 7) is 8.35. The standard InChI is InChI=1S/C28H34N6O3/c1-28(2)25-22(18-34(28)24(35)17-20-7-5-6-8-23(20)37-4)26(31-30-25)29-27(36)19-9-11-21(12-10-19)33-15-13-32(3)14-16-33/h5-12H,13-18H2,1-4H3,(H2,29,30,31,36). The number of likely N-dealkylation sites (N-methyl/N-ethyl adjacent to an activating group) is 1. The van der Waals surface area contributed by atoms with Gasteiger partial charge in [0.1, 0.15) is 5.75 Å². The van der Waals surface area contributed by atoms with Crippen molar-refractivity contribution in [1.82, 2.24) is 20.0 Å². The van der Waals surface area contributed by atoms with Crippen molar-refractivity contribution in [2.24, 2.45) is 0 Å². The second kappa shape index (κ2) is 9.89. The molecule has 9 heteroatoms. The third-order valence-electron chi connectivity index (χ3n) is 7.54. The summed E-state index contributed by atoms with van der Waals surface area (Å²) in [5.74, 6) is 0.912. The van der Waals surface area contributed by atoms with Crippen LogP contribution in [0.25, 0.3) is 0 Å². The van der Waals surface area contributed by atoms with Gasteiger partial charge in [0.2, 0.25) is 5.91 Å². The Hall–Kier alpha value is -3.85. The van der Waals surface area contributed by atoms with Crippen molar-refractivity contribution < 1.29 is 14.3 Å². The van der Waals surface area contributed by atoms with Gasteiger partial charge in [0.15, 0.2) is 5.82 Å². The van der Waals surface area contributed by atoms with Gasteiger partial charge < -0.3 is 24.8 Å². The van der Waals surface area contributed by atoms with Crippen LogP contribution in [0.1, 0.15) is 41.0 Å². The molecule has 0 saturated carbocycles. The number of H-pyrrole nitrogens is 1. The van der Waals surface area contributed by atoms with Crippen LogP contribution in [-0.2, 0) is 23.3 Å². The maximum absolute atomic E-state index is 13.3. The fourth-order valence-electron chi connectivity index (χ4n) is 5.19. The van der Waals surface area contributed by atoms with E-state index in [0.29, 0.717) is 23.7 Å². The second-order valence-electron chi connectivity index (χ2n) is 10.2. The van der Waals surface area contributed by atoms with Crippen molar-refractivity contribution in [3.8, 4) is 5.75 Å². The number of amides is 2. The van der Waals surface area contributed by atoms with Crippen molar-refractivity contribution in [3.05, 3.63) is 70.9 Å². The van der Waals surface area contributed by atoms with Crippen molar-refractivity contribution in [2.45, 2.75) is 32.4 Å². The van der Waals surface area contributed by atoms with E-state index in [1.807, 2.05) is 67.3 Å². The maximum atomic E-state index is 13.3. The summed E-state index contributed by atoms with van der Waals surface area (Å²) in [5, 5.41) is 10.4. The molecule has 3 heterocycles. The molecular weight excluding hydrogens is 468 g/mol. The van der Waals surface area contributed by atoms with Crippen molar-refractivity contribution in [2.75, 3.05) is 50.6 Å². The summed E-state index contributed by atoms with van der Waals surface area (Å²) in [4.78, 5) is 32.9. The summed E-state index contributed by atoms with van der Waals surface area (Å²) >= 11 is 0. The van der Waals surface area contributed by atoms with E-state index in [-0.39, 0.29) is 18.2 Å². The van der Waals surface area contributed by atoms with Gasteiger partial charge in [-0.05, 0) is 51.2 Å². The molecule has 0 unspecified atom stereocenters. The SMILES string of the molecule is COc1ccccc1CC(=O)N1Cc2c(NC(=O)c3ccc(N4CCN(C)CC4)cc3)n[nH]c2C1(C)C. The highest BCUT2D eigenvalue weighted by Crippen LogP contribution is 2.41. The average molecular weight is 503 g/mol. The van der Waals surface area contributed by atoms with Gasteiger partial charge in [0.05, 0.1) is 31.3 Å². The molecule has 3 aromatic rings. The summed E-state index contributed by atoms with van der Waals surface area (Å²) in [7, 11) is 3.74. The molecule has 1 saturated heterocycles. The van der Waals surface area contributed by atoms with Gasteiger partial charge >= 0.3 is 0 Å². The zero-order valence-electron chi connectivity index (χ0n) is 21.9. The molecule has 2 N–H and O–H groups in total. The summed E-state index contributed by atoms with van der Waals surface area (Å²) in [6, 6.07) is 15.2. The van der Waals surface area contributed by atoms with Crippen LogP contribution in [0.5, 0.6) is 5.75 Å². The van der Waals surface area contributed by atoms with E-state index in [4.69, 9.17) is 4.74 Å². The number of piperazine rings is 1. The Morgan fingerprint density at radius 2 is 1.76 bits per heavy atom. The number of carbonyl (C=O) groups is 2. The number of anilines is 2. The Balaban J connectivity index is 1.27. The number of para-hydroxylation sites is 1. The van der Waals surface area contributed by atoms with Gasteiger partial charge in [-0.15, -0.1) is 0 Å². The smallest absolute Gasteiger partial charge is 0.256 e. The Morgan fingerprint density at radius 1 is 1.05 bits per heavy atom. The summed E-state index contributed by atoms with van der Waals surface area (Å²) in [5.41, 5.74) is 3.61. The molecule has 0 radical (unpaired) electrons. The number of nitrogens with zero attached hydrogens (tertiary/aromatic N) is 4. The number of aromatic amines is 1. The molecule has 2 aliphatic heterocycles. The van der Waals surface area contributed by atoms with Crippen LogP contribution in [-0.4, -0.2) is 72.1 Å². The lowest BCUT2D eigenvalue weighted by atomic mass is 10.00. The largest absolute Gasteiger partial charge is 0.496 e. The molecule has 194 valence electrons. The van der Waals surface area contributed by atoms with Crippen molar-refractivity contribution >= 4 is 23.3 Å². The first-order valence-electron chi connectivity index (χ1n) is 12.6. The van der Waals surface area contributed by atoms with Crippen LogP contribution in [0.3, 0.4) is 0 Å². The van der Waals surface area contributed by atoms with E-state index in [1.165, 1.54) is 0 Å². The maximum Gasteiger partial charge on any atom is 0.256 e. The van der Waals surface area contributed by atoms with Gasteiger partial charge in [0, 0.05) is 48.6 Å². The van der Waals surface area contributed by atoms with Crippen molar-refractivity contribution in [3.63, 3.8) is 0 Å². The third kappa shape index (κ3) is 4.79. The Morgan fingerprint density at radius 3 is 2.46 bits per heavy atom. The Kier molecular flexibility index (Phi) is 6.64. The molecule has 9 nitrogen and oxygen atoms in total. The normalized spacial score (nSPS) is 17.0. The minimum absolute atomic E-state index is 0.0177. The average Bonchev–Trinajstić information content (AvgIpc) is 3.42. The van der Waals surface area contributed by atoms with E-state index in [9.17, 15) is 9.59 Å². The number of hydrogen-bond donors (Lipinski definition) is 2. The predicted molar refractivity (Wildman–Crippen MR) is 143 cm³/mol. The minimum Gasteiger partial charge on any atom is -0.496 e. The van der Waals surface area contributed by atoms with Gasteiger partial charge in [-0.2, -0.15) is 5.10 Å². The third-order valence-corrected chi connectivity index (χ3v) is 7.54. The second-order valence-corrected chi connectivity index (χ2v) is 10.2. The van der Waals surface area contributed by atoms with Gasteiger partial charge in [-0.3, -0.25) is 14.7 Å². The van der Waals surface area contributed by atoms with Crippen LogP contribution in [0.2, 0.25) is 0 Å². The molecule has 0 atom stereocenters. The minimum atomic E-state index is -0.589. The number of rotatable bonds is 6. The highest BCUT2D eigenvalue weighted by Gasteiger charge is 2.43. The molecule has 0 aliphatic carbocycles. The first-order chi connectivity index (χ1) is 17.8. The number of benzene rings is 2. The molecule has 2 aromatic carbocycles. The van der Waals surface area contributed by atoms with Crippen LogP contribution in [0.4, 0.5) is 11.5 Å². The Bertz CT molecular complexity index is 1290. The number of aromatic nitrogens is 2. The fourth-order valence-corrected chi connectivity index (χ4v) is 5.19. The number of hydrogen-bond acceptors (Lipinski definition) is 6. The van der Waals surface area contributed by atoms with E-state index < -0.39 is 5.54 Å². The zero-order valence-corrected chi connectivity index (χ0v) is 21.9. The first-order valence-corrected chi connectivity index (χ1v) is 12.6. The van der Waals surface area contributed by atoms with Gasteiger partial charge in [0.25, 0.3) is 5.91 Å². The van der Waals surface area contributed by atoms with Gasteiger partial charge in [-0.25, -0.2) is 0 Å². The number of fused-ring (bicyclic) bond motifs is 1. The number of carbonyl (C=O) groups excluding carboxylic acids is 2. The molecule has 0 spiro atoms. The van der Waals surface area contributed by atoms with E-state index >= 15 is 0 Å². The van der Waals surface area contributed by atoms with Gasteiger partial charge in [-0.1, -0.05) is 18.2 Å². The molecule has 2 aliphatic rings. The first kappa shape index (κ1) is 24.8. The monoisotopic (exact) mass is 502 g/mol. The molecule has 0 bridgehead atoms. The topological polar surface area (TPSA) is 93.8 Å². The number of methoxy groups -OCH3 is 1. The van der Waals surface area contributed by atoms with E-state index in [0.717, 1.165) is 48.7 Å². The van der Waals surface area contributed by atoms with Crippen molar-refractivity contribution in [1.29, 1.82) is 0 Å². The number of ether oxygens (including phenoxy) is 1. The summed E-state index contributed by atoms with van der Waals surface area (Å²) < 4.78 is 5.42. The summed E-state index contributed by atoms with van der Waals surface area (Å²) in [6.07, 6.45) is 0.229. The molecule has 37 heavy (non-hydrogen) atoms. The fraction of sp³-hybridized carbons (Fsp3) is 0.393. The van der Waals surface area contributed by atoms with Crippen LogP contribution in [0, 0.1) is 0 Å². The lowest BCUT2D eigenvalue weighted by Gasteiger charge is -2.34. The quantitative estimate of drug-likeness (QED) is 0.538. The molecule has 1 fully saturated rings. The predicted octanol–water partition coefficient (Wildman–Crippen LogP) is 3.24. The lowest BCUT2D eigenvalue weighted by Crippen LogP contribution is -2.44. The van der Waals surface area contributed by atoms with Crippen LogP contribution in [0.15, 0.2) is 48.5 Å². The zero-order chi connectivity index (χ0) is 26.2. The van der Waals surface area contributed by atoms with E-state index in [1.54, 1.807) is 7.11 Å². The molecular formula is C28H34N6O3. The molecule has 1 aromatic heterocycles. The van der Waals surface area contributed by atoms with Crippen LogP contribution < -0.4 is 15.0 Å². The van der Waals surface area contributed by atoms with E-state index in [2.05, 4.69) is 32.4 Å².